The van der Waals surface area contributed by atoms with Crippen molar-refractivity contribution in [1.82, 2.24) is 13.7 Å². The number of carboxylic acids is 2. The third kappa shape index (κ3) is 4.81. The normalized spacial score (nSPS) is 10.7. The molecule has 0 saturated carbocycles. The highest BCUT2D eigenvalue weighted by molar-refractivity contribution is 5.66. The van der Waals surface area contributed by atoms with E-state index in [4.69, 9.17) is 10.2 Å². The van der Waals surface area contributed by atoms with Crippen LogP contribution in [0.25, 0.3) is 5.69 Å². The van der Waals surface area contributed by atoms with Gasteiger partial charge in [-0.2, -0.15) is 0 Å². The van der Waals surface area contributed by atoms with Crippen LogP contribution < -0.4 is 17.1 Å². The molecule has 0 radical (unpaired) electrons. The van der Waals surface area contributed by atoms with Gasteiger partial charge in [-0.1, -0.05) is 18.2 Å². The summed E-state index contributed by atoms with van der Waals surface area (Å²) in [7, 11) is 0. The highest BCUT2D eigenvalue weighted by atomic mass is 16.4. The highest BCUT2D eigenvalue weighted by Crippen LogP contribution is 2.01. The topological polar surface area (TPSA) is 141 Å². The molecule has 144 valence electrons. The summed E-state index contributed by atoms with van der Waals surface area (Å²) >= 11 is 0. The van der Waals surface area contributed by atoms with Gasteiger partial charge in [0.25, 0.3) is 0 Å². The molecule has 0 saturated heterocycles. The second-order valence-corrected chi connectivity index (χ2v) is 5.82. The molecule has 27 heavy (non-hydrogen) atoms. The van der Waals surface area contributed by atoms with Crippen LogP contribution in [-0.2, 0) is 22.7 Å². The number of carbonyl (C=O) groups is 2. The molecule has 1 heterocycles. The van der Waals surface area contributed by atoms with Crippen molar-refractivity contribution in [3.8, 4) is 5.69 Å². The molecule has 10 nitrogen and oxygen atoms in total. The lowest BCUT2D eigenvalue weighted by molar-refractivity contribution is -0.138. The summed E-state index contributed by atoms with van der Waals surface area (Å²) in [5.74, 6) is -2.14. The number of carboxylic acid groups (broad SMARTS) is 2. The molecule has 0 aliphatic heterocycles. The van der Waals surface area contributed by atoms with Crippen LogP contribution in [-0.4, -0.2) is 35.9 Å². The van der Waals surface area contributed by atoms with E-state index >= 15 is 0 Å². The van der Waals surface area contributed by atoms with Crippen LogP contribution in [0.1, 0.15) is 25.7 Å². The summed E-state index contributed by atoms with van der Waals surface area (Å²) < 4.78 is 2.43. The van der Waals surface area contributed by atoms with E-state index in [1.54, 1.807) is 18.2 Å². The van der Waals surface area contributed by atoms with Crippen molar-refractivity contribution >= 4 is 11.9 Å². The Morgan fingerprint density at radius 3 is 1.59 bits per heavy atom. The minimum Gasteiger partial charge on any atom is -0.481 e. The van der Waals surface area contributed by atoms with E-state index in [-0.39, 0.29) is 44.5 Å². The lowest BCUT2D eigenvalue weighted by Crippen LogP contribution is -2.54. The maximum atomic E-state index is 12.7. The minimum absolute atomic E-state index is 0.0343. The quantitative estimate of drug-likeness (QED) is 0.621. The number of hydrogen-bond donors (Lipinski definition) is 2. The molecular formula is C17H19N3O7. The third-order valence-corrected chi connectivity index (χ3v) is 3.87. The maximum Gasteiger partial charge on any atom is 0.340 e. The molecule has 0 fully saturated rings. The average molecular weight is 377 g/mol. The maximum absolute atomic E-state index is 12.7. The van der Waals surface area contributed by atoms with Gasteiger partial charge in [0, 0.05) is 25.9 Å². The Morgan fingerprint density at radius 2 is 1.19 bits per heavy atom. The van der Waals surface area contributed by atoms with Gasteiger partial charge in [0.2, 0.25) is 0 Å². The Balaban J connectivity index is 2.56. The van der Waals surface area contributed by atoms with Gasteiger partial charge in [-0.05, 0) is 25.0 Å². The zero-order chi connectivity index (χ0) is 20.0. The van der Waals surface area contributed by atoms with Crippen molar-refractivity contribution in [3.05, 3.63) is 61.8 Å². The molecule has 2 N–H and O–H groups in total. The molecule has 0 unspecified atom stereocenters. The number of aromatic nitrogens is 3. The summed E-state index contributed by atoms with van der Waals surface area (Å²) in [6.45, 7) is -0.341. The highest BCUT2D eigenvalue weighted by Gasteiger charge is 2.17. The molecule has 1 aromatic carbocycles. The summed E-state index contributed by atoms with van der Waals surface area (Å²) in [5, 5.41) is 17.5. The summed E-state index contributed by atoms with van der Waals surface area (Å²) in [6.07, 6.45) is -0.413. The van der Waals surface area contributed by atoms with Gasteiger partial charge in [-0.3, -0.25) is 9.59 Å². The molecule has 0 atom stereocenters. The van der Waals surface area contributed by atoms with Crippen LogP contribution in [0.3, 0.4) is 0 Å². The van der Waals surface area contributed by atoms with Gasteiger partial charge in [-0.25, -0.2) is 28.1 Å². The van der Waals surface area contributed by atoms with Gasteiger partial charge in [-0.15, -0.1) is 0 Å². The van der Waals surface area contributed by atoms with Crippen LogP contribution in [0, 0.1) is 0 Å². The first-order valence-electron chi connectivity index (χ1n) is 8.28. The fourth-order valence-corrected chi connectivity index (χ4v) is 2.59. The monoisotopic (exact) mass is 377 g/mol. The lowest BCUT2D eigenvalue weighted by atomic mass is 10.3. The Kier molecular flexibility index (Phi) is 6.47. The molecule has 2 aromatic rings. The van der Waals surface area contributed by atoms with E-state index in [2.05, 4.69) is 0 Å². The molecule has 1 aromatic heterocycles. The van der Waals surface area contributed by atoms with E-state index in [0.29, 0.717) is 0 Å². The van der Waals surface area contributed by atoms with Crippen molar-refractivity contribution in [2.75, 3.05) is 0 Å². The predicted octanol–water partition coefficient (Wildman–Crippen LogP) is -0.109. The second-order valence-electron chi connectivity index (χ2n) is 5.82. The van der Waals surface area contributed by atoms with Crippen molar-refractivity contribution in [3.63, 3.8) is 0 Å². The fourth-order valence-electron chi connectivity index (χ4n) is 2.59. The molecule has 0 bridgehead atoms. The van der Waals surface area contributed by atoms with Crippen LogP contribution in [0.5, 0.6) is 0 Å². The number of hydrogen-bond acceptors (Lipinski definition) is 5. The second kappa shape index (κ2) is 8.79. The first kappa shape index (κ1) is 19.9. The number of aliphatic carboxylic acids is 2. The lowest BCUT2D eigenvalue weighted by Gasteiger charge is -2.13. The molecule has 0 aliphatic carbocycles. The van der Waals surface area contributed by atoms with Gasteiger partial charge in [0.05, 0.1) is 5.69 Å². The first-order chi connectivity index (χ1) is 12.8. The summed E-state index contributed by atoms with van der Waals surface area (Å²) in [5.41, 5.74) is -2.36. The van der Waals surface area contributed by atoms with Crippen LogP contribution in [0.15, 0.2) is 44.7 Å². The van der Waals surface area contributed by atoms with Gasteiger partial charge in [0.15, 0.2) is 0 Å². The Morgan fingerprint density at radius 1 is 0.741 bits per heavy atom. The molecule has 10 heteroatoms. The zero-order valence-electron chi connectivity index (χ0n) is 14.4. The van der Waals surface area contributed by atoms with E-state index < -0.39 is 29.0 Å². The minimum atomic E-state index is -1.07. The standard InChI is InChI=1S/C17H19N3O7/c21-13(22)8-4-10-18-15(25)19(11-5-9-14(23)24)17(27)20(16(18)26)12-6-2-1-3-7-12/h1-3,6-7H,4-5,8-11H2,(H,21,22)(H,23,24). The van der Waals surface area contributed by atoms with E-state index in [9.17, 15) is 24.0 Å². The average Bonchev–Trinajstić information content (AvgIpc) is 2.61. The van der Waals surface area contributed by atoms with E-state index in [0.717, 1.165) is 13.7 Å². The Labute approximate surface area is 152 Å². The Bertz CT molecular complexity index is 944. The number of nitrogens with zero attached hydrogens (tertiary/aromatic N) is 3. The fraction of sp³-hybridized carbons (Fsp3) is 0.353. The first-order valence-corrected chi connectivity index (χ1v) is 8.28. The smallest absolute Gasteiger partial charge is 0.340 e. The SMILES string of the molecule is O=C(O)CCCn1c(=O)n(CCCC(=O)O)c(=O)n(-c2ccccc2)c1=O. The van der Waals surface area contributed by atoms with Crippen molar-refractivity contribution < 1.29 is 19.8 Å². The molecule has 2 rings (SSSR count). The third-order valence-electron chi connectivity index (χ3n) is 3.87. The number of rotatable bonds is 9. The zero-order valence-corrected chi connectivity index (χ0v) is 14.4. The van der Waals surface area contributed by atoms with Gasteiger partial charge >= 0.3 is 29.0 Å². The van der Waals surface area contributed by atoms with E-state index in [1.807, 2.05) is 0 Å². The molecule has 0 amide bonds. The van der Waals surface area contributed by atoms with Crippen LogP contribution in [0.4, 0.5) is 0 Å². The number of benzene rings is 1. The van der Waals surface area contributed by atoms with Crippen LogP contribution in [0.2, 0.25) is 0 Å². The van der Waals surface area contributed by atoms with Crippen molar-refractivity contribution in [2.45, 2.75) is 38.8 Å². The number of para-hydroxylation sites is 1. The van der Waals surface area contributed by atoms with Gasteiger partial charge in [0.1, 0.15) is 0 Å². The molecule has 0 aliphatic rings. The van der Waals surface area contributed by atoms with Gasteiger partial charge < -0.3 is 10.2 Å². The van der Waals surface area contributed by atoms with E-state index in [1.165, 1.54) is 12.1 Å². The van der Waals surface area contributed by atoms with Crippen LogP contribution >= 0.6 is 0 Å². The molecule has 0 spiro atoms. The largest absolute Gasteiger partial charge is 0.481 e. The summed E-state index contributed by atoms with van der Waals surface area (Å²) in [6, 6.07) is 7.99. The summed E-state index contributed by atoms with van der Waals surface area (Å²) in [4.78, 5) is 59.3. The predicted molar refractivity (Wildman–Crippen MR) is 94.3 cm³/mol. The van der Waals surface area contributed by atoms with Crippen molar-refractivity contribution in [1.29, 1.82) is 0 Å². The van der Waals surface area contributed by atoms with Crippen molar-refractivity contribution in [2.24, 2.45) is 0 Å². The molecular weight excluding hydrogens is 358 g/mol. The Hall–Kier alpha value is -3.43.